The van der Waals surface area contributed by atoms with Crippen LogP contribution in [0.15, 0.2) is 84.0 Å². The minimum Gasteiger partial charge on any atom is -0.507 e. The van der Waals surface area contributed by atoms with Crippen LogP contribution in [-0.2, 0) is 6.54 Å². The topological polar surface area (TPSA) is 109 Å². The van der Waals surface area contributed by atoms with Crippen molar-refractivity contribution in [2.75, 3.05) is 26.2 Å². The third kappa shape index (κ3) is 5.96. The number of carbonyl (C=O) groups excluding carboxylic acids is 2. The van der Waals surface area contributed by atoms with Crippen molar-refractivity contribution in [1.82, 2.24) is 15.2 Å². The summed E-state index contributed by atoms with van der Waals surface area (Å²) in [5, 5.41) is 25.2. The second kappa shape index (κ2) is 12.0. The van der Waals surface area contributed by atoms with E-state index in [9.17, 15) is 14.7 Å². The van der Waals surface area contributed by atoms with E-state index in [1.807, 2.05) is 65.6 Å². The van der Waals surface area contributed by atoms with Gasteiger partial charge in [0.1, 0.15) is 11.8 Å². The number of halogens is 1. The van der Waals surface area contributed by atoms with Gasteiger partial charge in [0.05, 0.1) is 11.8 Å². The summed E-state index contributed by atoms with van der Waals surface area (Å²) in [5.74, 6) is -0.720. The van der Waals surface area contributed by atoms with Crippen LogP contribution in [0.5, 0.6) is 5.75 Å². The van der Waals surface area contributed by atoms with Crippen LogP contribution in [0, 0.1) is 11.3 Å². The number of amides is 2. The van der Waals surface area contributed by atoms with Crippen LogP contribution in [0.2, 0.25) is 5.02 Å². The molecule has 1 aliphatic rings. The summed E-state index contributed by atoms with van der Waals surface area (Å²) >= 11 is 5.99. The Morgan fingerprint density at radius 3 is 2.42 bits per heavy atom. The number of benzene rings is 4. The van der Waals surface area contributed by atoms with E-state index in [0.717, 1.165) is 41.0 Å². The van der Waals surface area contributed by atoms with Gasteiger partial charge in [-0.2, -0.15) is 10.4 Å². The Hall–Kier alpha value is -4.71. The predicted octanol–water partition coefficient (Wildman–Crippen LogP) is 4.79. The molecule has 1 saturated heterocycles. The number of fused-ring (bicyclic) bond motifs is 1. The Morgan fingerprint density at radius 1 is 0.975 bits per heavy atom. The van der Waals surface area contributed by atoms with E-state index in [4.69, 9.17) is 16.9 Å². The zero-order valence-corrected chi connectivity index (χ0v) is 22.3. The summed E-state index contributed by atoms with van der Waals surface area (Å²) in [5.41, 5.74) is 5.21. The quantitative estimate of drug-likeness (QED) is 0.264. The number of rotatable bonds is 6. The molecule has 0 spiro atoms. The molecule has 0 unspecified atom stereocenters. The summed E-state index contributed by atoms with van der Waals surface area (Å²) in [4.78, 5) is 30.2. The normalized spacial score (nSPS) is 13.8. The average molecular weight is 552 g/mol. The zero-order chi connectivity index (χ0) is 28.1. The van der Waals surface area contributed by atoms with Crippen molar-refractivity contribution in [3.63, 3.8) is 0 Å². The number of nitrogens with one attached hydrogen (secondary N) is 1. The number of phenols is 1. The van der Waals surface area contributed by atoms with Crippen molar-refractivity contribution in [3.8, 4) is 11.8 Å². The molecule has 40 heavy (non-hydrogen) atoms. The van der Waals surface area contributed by atoms with E-state index in [2.05, 4.69) is 15.4 Å². The lowest BCUT2D eigenvalue weighted by molar-refractivity contribution is 0.0630. The van der Waals surface area contributed by atoms with Crippen molar-refractivity contribution in [1.29, 1.82) is 5.26 Å². The molecule has 0 atom stereocenters. The number of hydrazone groups is 1. The molecule has 9 heteroatoms. The summed E-state index contributed by atoms with van der Waals surface area (Å²) in [7, 11) is 0. The molecule has 0 aliphatic carbocycles. The van der Waals surface area contributed by atoms with Crippen molar-refractivity contribution in [2.45, 2.75) is 6.54 Å². The van der Waals surface area contributed by atoms with Gasteiger partial charge in [-0.3, -0.25) is 14.5 Å². The van der Waals surface area contributed by atoms with Crippen molar-refractivity contribution in [3.05, 3.63) is 112 Å². The summed E-state index contributed by atoms with van der Waals surface area (Å²) in [6.07, 6.45) is 1.52. The minimum absolute atomic E-state index is 0.00542. The molecule has 4 aromatic rings. The Bertz CT molecular complexity index is 1640. The molecule has 8 nitrogen and oxygen atoms in total. The molecule has 1 aliphatic heterocycles. The van der Waals surface area contributed by atoms with Gasteiger partial charge in [0.2, 0.25) is 0 Å². The molecule has 200 valence electrons. The van der Waals surface area contributed by atoms with E-state index in [0.29, 0.717) is 18.7 Å². The molecule has 1 heterocycles. The number of hydrogen-bond acceptors (Lipinski definition) is 6. The van der Waals surface area contributed by atoms with Gasteiger partial charge in [0.25, 0.3) is 11.8 Å². The average Bonchev–Trinajstić information content (AvgIpc) is 2.98. The smallest absolute Gasteiger partial charge is 0.271 e. The molecule has 0 radical (unpaired) electrons. The fraction of sp³-hybridized carbons (Fsp3) is 0.161. The summed E-state index contributed by atoms with van der Waals surface area (Å²) in [6.45, 7) is 3.67. The molecule has 0 bridgehead atoms. The van der Waals surface area contributed by atoms with Gasteiger partial charge in [0, 0.05) is 54.4 Å². The fourth-order valence-corrected chi connectivity index (χ4v) is 4.87. The van der Waals surface area contributed by atoms with E-state index in [-0.39, 0.29) is 22.8 Å². The number of phenolic OH excluding ortho intramolecular Hbond substituents is 1. The maximum absolute atomic E-state index is 13.5. The SMILES string of the molecule is N#Cc1cc(C(=O)N/N=C/c2ccc(C(=O)N3CCN(Cc4ccc(Cl)cc4)CC3)c3ccccc23)ccc1O. The molecular weight excluding hydrogens is 526 g/mol. The first-order valence-corrected chi connectivity index (χ1v) is 13.1. The van der Waals surface area contributed by atoms with Crippen LogP contribution >= 0.6 is 11.6 Å². The van der Waals surface area contributed by atoms with Gasteiger partial charge in [0.15, 0.2) is 0 Å². The van der Waals surface area contributed by atoms with Gasteiger partial charge in [-0.05, 0) is 52.7 Å². The largest absolute Gasteiger partial charge is 0.507 e. The maximum Gasteiger partial charge on any atom is 0.271 e. The lowest BCUT2D eigenvalue weighted by Gasteiger charge is -2.35. The van der Waals surface area contributed by atoms with Crippen LogP contribution in [0.25, 0.3) is 10.8 Å². The Morgan fingerprint density at radius 2 is 1.70 bits per heavy atom. The molecule has 1 fully saturated rings. The minimum atomic E-state index is -0.515. The van der Waals surface area contributed by atoms with Crippen LogP contribution in [0.4, 0.5) is 0 Å². The number of aromatic hydroxyl groups is 1. The van der Waals surface area contributed by atoms with E-state index >= 15 is 0 Å². The van der Waals surface area contributed by atoms with Crippen LogP contribution in [0.3, 0.4) is 0 Å². The predicted molar refractivity (Wildman–Crippen MR) is 154 cm³/mol. The highest BCUT2D eigenvalue weighted by atomic mass is 35.5. The summed E-state index contributed by atoms with van der Waals surface area (Å²) < 4.78 is 0. The highest BCUT2D eigenvalue weighted by Gasteiger charge is 2.24. The third-order valence-electron chi connectivity index (χ3n) is 6.92. The van der Waals surface area contributed by atoms with Gasteiger partial charge in [-0.1, -0.05) is 54.1 Å². The molecule has 4 aromatic carbocycles. The second-order valence-electron chi connectivity index (χ2n) is 9.49. The lowest BCUT2D eigenvalue weighted by Crippen LogP contribution is -2.48. The van der Waals surface area contributed by atoms with Crippen molar-refractivity contribution >= 4 is 40.4 Å². The number of nitrogens with zero attached hydrogens (tertiary/aromatic N) is 4. The molecule has 0 saturated carbocycles. The molecule has 0 aromatic heterocycles. The van der Waals surface area contributed by atoms with Gasteiger partial charge in [-0.15, -0.1) is 0 Å². The standard InChI is InChI=1S/C31H26ClN5O3/c32-25-9-5-21(6-10-25)20-36-13-15-37(16-14-36)31(40)28-11-7-23(26-3-1-2-4-27(26)28)19-34-35-30(39)22-8-12-29(38)24(17-22)18-33/h1-12,17,19,38H,13-16,20H2,(H,35,39)/b34-19+. The number of hydrogen-bond donors (Lipinski definition) is 2. The molecule has 5 rings (SSSR count). The van der Waals surface area contributed by atoms with Gasteiger partial charge < -0.3 is 10.0 Å². The first-order chi connectivity index (χ1) is 19.4. The van der Waals surface area contributed by atoms with E-state index in [1.54, 1.807) is 6.07 Å². The van der Waals surface area contributed by atoms with Crippen molar-refractivity contribution in [2.24, 2.45) is 5.10 Å². The van der Waals surface area contributed by atoms with Gasteiger partial charge in [-0.25, -0.2) is 5.43 Å². The first kappa shape index (κ1) is 26.9. The molecular formula is C31H26ClN5O3. The Labute approximate surface area is 236 Å². The highest BCUT2D eigenvalue weighted by Crippen LogP contribution is 2.24. The third-order valence-corrected chi connectivity index (χ3v) is 7.17. The lowest BCUT2D eigenvalue weighted by atomic mass is 9.99. The van der Waals surface area contributed by atoms with Crippen LogP contribution < -0.4 is 5.43 Å². The monoisotopic (exact) mass is 551 g/mol. The molecule has 2 amide bonds. The maximum atomic E-state index is 13.5. The second-order valence-corrected chi connectivity index (χ2v) is 9.92. The highest BCUT2D eigenvalue weighted by molar-refractivity contribution is 6.30. The first-order valence-electron chi connectivity index (χ1n) is 12.8. The van der Waals surface area contributed by atoms with Gasteiger partial charge >= 0.3 is 0 Å². The van der Waals surface area contributed by atoms with E-state index in [1.165, 1.54) is 30.0 Å². The fourth-order valence-electron chi connectivity index (χ4n) is 4.74. The number of nitriles is 1. The Balaban J connectivity index is 1.26. The zero-order valence-electron chi connectivity index (χ0n) is 21.5. The number of carbonyl (C=O) groups is 2. The number of piperazine rings is 1. The molecule has 2 N–H and O–H groups in total. The van der Waals surface area contributed by atoms with Crippen LogP contribution in [-0.4, -0.2) is 59.1 Å². The van der Waals surface area contributed by atoms with E-state index < -0.39 is 5.91 Å². The van der Waals surface area contributed by atoms with Crippen LogP contribution in [0.1, 0.15) is 37.4 Å². The van der Waals surface area contributed by atoms with Crippen molar-refractivity contribution < 1.29 is 14.7 Å². The summed E-state index contributed by atoms with van der Waals surface area (Å²) in [6, 6.07) is 24.9. The Kier molecular flexibility index (Phi) is 8.06.